The Balaban J connectivity index is 2.30. The third kappa shape index (κ3) is 3.49. The Hall–Kier alpha value is -0.590. The van der Waals surface area contributed by atoms with Gasteiger partial charge in [-0.1, -0.05) is 26.0 Å². The van der Waals surface area contributed by atoms with E-state index in [-0.39, 0.29) is 0 Å². The molecule has 1 aromatic heterocycles. The summed E-state index contributed by atoms with van der Waals surface area (Å²) < 4.78 is 12.5. The second-order valence-electron chi connectivity index (χ2n) is 5.08. The van der Waals surface area contributed by atoms with E-state index in [4.69, 9.17) is 9.15 Å². The third-order valence-electron chi connectivity index (χ3n) is 2.98. The number of hydrogen-bond donors (Lipinski definition) is 1. The highest BCUT2D eigenvalue weighted by Gasteiger charge is 2.15. The van der Waals surface area contributed by atoms with E-state index < -0.39 is 0 Å². The van der Waals surface area contributed by atoms with Gasteiger partial charge in [0, 0.05) is 18.1 Å². The smallest absolute Gasteiger partial charge is 0.148 e. The number of nitrogens with one attached hydrogen (secondary N) is 1. The summed E-state index contributed by atoms with van der Waals surface area (Å²) in [6, 6.07) is 6.22. The molecule has 19 heavy (non-hydrogen) atoms. The van der Waals surface area contributed by atoms with Crippen molar-refractivity contribution in [1.82, 2.24) is 5.32 Å². The van der Waals surface area contributed by atoms with Crippen molar-refractivity contribution in [1.29, 1.82) is 0 Å². The van der Waals surface area contributed by atoms with Gasteiger partial charge in [-0.05, 0) is 41.1 Å². The van der Waals surface area contributed by atoms with E-state index in [1.165, 1.54) is 0 Å². The highest BCUT2D eigenvalue weighted by molar-refractivity contribution is 14.1. The monoisotopic (exact) mass is 373 g/mol. The first-order valence-electron chi connectivity index (χ1n) is 6.52. The molecule has 0 saturated heterocycles. The first-order valence-corrected chi connectivity index (χ1v) is 7.59. The lowest BCUT2D eigenvalue weighted by Gasteiger charge is -2.07. The summed E-state index contributed by atoms with van der Waals surface area (Å²) in [4.78, 5) is 0. The van der Waals surface area contributed by atoms with E-state index >= 15 is 0 Å². The Morgan fingerprint density at radius 3 is 2.84 bits per heavy atom. The molecule has 0 radical (unpaired) electrons. The molecule has 0 amide bonds. The molecule has 1 heterocycles. The Morgan fingerprint density at radius 1 is 1.37 bits per heavy atom. The van der Waals surface area contributed by atoms with E-state index in [1.807, 2.05) is 0 Å². The SMILES string of the molecule is COCc1c(CNCC(C)C)oc2c(I)cccc12. The van der Waals surface area contributed by atoms with Gasteiger partial charge in [-0.15, -0.1) is 0 Å². The van der Waals surface area contributed by atoms with Gasteiger partial charge < -0.3 is 14.5 Å². The summed E-state index contributed by atoms with van der Waals surface area (Å²) in [6.07, 6.45) is 0. The Kier molecular flexibility index (Phi) is 5.24. The molecule has 0 atom stereocenters. The fraction of sp³-hybridized carbons (Fsp3) is 0.467. The Morgan fingerprint density at radius 2 is 2.16 bits per heavy atom. The predicted molar refractivity (Wildman–Crippen MR) is 86.2 cm³/mol. The zero-order chi connectivity index (χ0) is 13.8. The van der Waals surface area contributed by atoms with Crippen molar-refractivity contribution in [3.8, 4) is 0 Å². The van der Waals surface area contributed by atoms with Crippen LogP contribution in [0.4, 0.5) is 0 Å². The molecule has 2 rings (SSSR count). The standard InChI is InChI=1S/C15H20INO2/c1-10(2)7-17-8-14-12(9-18-3)11-5-4-6-13(16)15(11)19-14/h4-6,10,17H,7-9H2,1-3H3. The van der Waals surface area contributed by atoms with Crippen LogP contribution in [0, 0.1) is 9.49 Å². The molecule has 1 N–H and O–H groups in total. The van der Waals surface area contributed by atoms with Crippen LogP contribution in [0.5, 0.6) is 0 Å². The number of furan rings is 1. The zero-order valence-electron chi connectivity index (χ0n) is 11.6. The first-order chi connectivity index (χ1) is 9.13. The normalized spacial score (nSPS) is 11.6. The van der Waals surface area contributed by atoms with Gasteiger partial charge in [0.05, 0.1) is 16.7 Å². The van der Waals surface area contributed by atoms with Gasteiger partial charge in [0.2, 0.25) is 0 Å². The minimum atomic E-state index is 0.589. The summed E-state index contributed by atoms with van der Waals surface area (Å²) in [5, 5.41) is 4.59. The second kappa shape index (κ2) is 6.72. The fourth-order valence-corrected chi connectivity index (χ4v) is 2.71. The molecule has 0 unspecified atom stereocenters. The number of hydrogen-bond acceptors (Lipinski definition) is 3. The van der Waals surface area contributed by atoms with Gasteiger partial charge in [0.1, 0.15) is 11.3 Å². The topological polar surface area (TPSA) is 34.4 Å². The van der Waals surface area contributed by atoms with Crippen LogP contribution in [-0.4, -0.2) is 13.7 Å². The lowest BCUT2D eigenvalue weighted by Crippen LogP contribution is -2.19. The minimum absolute atomic E-state index is 0.589. The van der Waals surface area contributed by atoms with E-state index in [9.17, 15) is 0 Å². The average molecular weight is 373 g/mol. The molecule has 0 saturated carbocycles. The maximum atomic E-state index is 6.01. The largest absolute Gasteiger partial charge is 0.458 e. The number of para-hydroxylation sites is 1. The van der Waals surface area contributed by atoms with Crippen LogP contribution in [0.25, 0.3) is 11.0 Å². The molecular weight excluding hydrogens is 353 g/mol. The number of methoxy groups -OCH3 is 1. The minimum Gasteiger partial charge on any atom is -0.458 e. The van der Waals surface area contributed by atoms with E-state index in [1.54, 1.807) is 7.11 Å². The number of ether oxygens (including phenoxy) is 1. The maximum absolute atomic E-state index is 6.01. The molecule has 0 bridgehead atoms. The quantitative estimate of drug-likeness (QED) is 0.780. The van der Waals surface area contributed by atoms with Crippen molar-refractivity contribution >= 4 is 33.6 Å². The van der Waals surface area contributed by atoms with E-state index in [0.29, 0.717) is 12.5 Å². The van der Waals surface area contributed by atoms with Crippen molar-refractivity contribution in [2.75, 3.05) is 13.7 Å². The van der Waals surface area contributed by atoms with Crippen molar-refractivity contribution in [3.05, 3.63) is 33.1 Å². The molecule has 0 aliphatic rings. The number of fused-ring (bicyclic) bond motifs is 1. The van der Waals surface area contributed by atoms with Gasteiger partial charge in [0.15, 0.2) is 0 Å². The van der Waals surface area contributed by atoms with Gasteiger partial charge in [0.25, 0.3) is 0 Å². The van der Waals surface area contributed by atoms with Gasteiger partial charge >= 0.3 is 0 Å². The lowest BCUT2D eigenvalue weighted by molar-refractivity contribution is 0.183. The Labute approximate surface area is 127 Å². The molecule has 4 heteroatoms. The molecule has 3 nitrogen and oxygen atoms in total. The van der Waals surface area contributed by atoms with Crippen LogP contribution in [0.15, 0.2) is 22.6 Å². The number of rotatable bonds is 6. The second-order valence-corrected chi connectivity index (χ2v) is 6.24. The van der Waals surface area contributed by atoms with Crippen molar-refractivity contribution in [3.63, 3.8) is 0 Å². The summed E-state index contributed by atoms with van der Waals surface area (Å²) in [7, 11) is 1.72. The van der Waals surface area contributed by atoms with Crippen LogP contribution in [0.3, 0.4) is 0 Å². The molecule has 0 fully saturated rings. The molecule has 0 spiro atoms. The van der Waals surface area contributed by atoms with Crippen molar-refractivity contribution < 1.29 is 9.15 Å². The van der Waals surface area contributed by atoms with Crippen LogP contribution < -0.4 is 5.32 Å². The van der Waals surface area contributed by atoms with Crippen LogP contribution in [0.1, 0.15) is 25.2 Å². The Bertz CT molecular complexity index is 548. The molecule has 0 aliphatic carbocycles. The maximum Gasteiger partial charge on any atom is 0.148 e. The van der Waals surface area contributed by atoms with Crippen LogP contribution >= 0.6 is 22.6 Å². The third-order valence-corrected chi connectivity index (χ3v) is 3.83. The summed E-state index contributed by atoms with van der Waals surface area (Å²) in [6.45, 7) is 6.73. The molecule has 104 valence electrons. The van der Waals surface area contributed by atoms with Crippen molar-refractivity contribution in [2.24, 2.45) is 5.92 Å². The first kappa shape index (κ1) is 14.8. The summed E-state index contributed by atoms with van der Waals surface area (Å²) in [5.74, 6) is 1.62. The predicted octanol–water partition coefficient (Wildman–Crippen LogP) is 3.93. The highest BCUT2D eigenvalue weighted by Crippen LogP contribution is 2.30. The molecule has 1 aromatic carbocycles. The fourth-order valence-electron chi connectivity index (χ4n) is 2.10. The number of halogens is 1. The average Bonchev–Trinajstić information content (AvgIpc) is 2.70. The lowest BCUT2D eigenvalue weighted by atomic mass is 10.1. The van der Waals surface area contributed by atoms with Crippen molar-refractivity contribution in [2.45, 2.75) is 27.0 Å². The van der Waals surface area contributed by atoms with Crippen LogP contribution in [-0.2, 0) is 17.9 Å². The zero-order valence-corrected chi connectivity index (χ0v) is 13.8. The summed E-state index contributed by atoms with van der Waals surface area (Å²) in [5.41, 5.74) is 2.13. The summed E-state index contributed by atoms with van der Waals surface area (Å²) >= 11 is 2.31. The van der Waals surface area contributed by atoms with E-state index in [2.05, 4.69) is 60.0 Å². The number of benzene rings is 1. The molecule has 0 aliphatic heterocycles. The highest BCUT2D eigenvalue weighted by atomic mass is 127. The van der Waals surface area contributed by atoms with Gasteiger partial charge in [-0.25, -0.2) is 0 Å². The van der Waals surface area contributed by atoms with Crippen LogP contribution in [0.2, 0.25) is 0 Å². The van der Waals surface area contributed by atoms with E-state index in [0.717, 1.165) is 39.0 Å². The van der Waals surface area contributed by atoms with Gasteiger partial charge in [-0.2, -0.15) is 0 Å². The molecular formula is C15H20INO2. The van der Waals surface area contributed by atoms with Gasteiger partial charge in [-0.3, -0.25) is 0 Å². The molecule has 2 aromatic rings.